The number of hydrogen-bond acceptors (Lipinski definition) is 7. The van der Waals surface area contributed by atoms with Crippen LogP contribution >= 0.6 is 0 Å². The van der Waals surface area contributed by atoms with Gasteiger partial charge in [0.05, 0.1) is 19.0 Å². The monoisotopic (exact) mass is 275 g/mol. The number of nitrogens with one attached hydrogen (secondary N) is 1. The second-order valence-corrected chi connectivity index (χ2v) is 4.34. The van der Waals surface area contributed by atoms with Crippen LogP contribution in [0.3, 0.4) is 0 Å². The zero-order valence-corrected chi connectivity index (χ0v) is 10.8. The minimum absolute atomic E-state index is 0.0683. The maximum Gasteiger partial charge on any atom is 0.267 e. The Hall–Kier alpha value is -0.290. The van der Waals surface area contributed by atoms with Gasteiger partial charge < -0.3 is 14.9 Å². The number of ether oxygens (including phenoxy) is 1. The first-order chi connectivity index (χ1) is 7.87. The molecule has 0 saturated heterocycles. The van der Waals surface area contributed by atoms with Gasteiger partial charge in [-0.3, -0.25) is 9.39 Å². The molecular formula is C8H21NO7S. The SMILES string of the molecule is CCOC(C)ONCCO.O=S(=O)(O)CCO. The van der Waals surface area contributed by atoms with Crippen molar-refractivity contribution < 1.29 is 32.8 Å². The molecule has 0 aliphatic heterocycles. The fourth-order valence-electron chi connectivity index (χ4n) is 0.606. The van der Waals surface area contributed by atoms with Gasteiger partial charge in [0.15, 0.2) is 6.29 Å². The summed E-state index contributed by atoms with van der Waals surface area (Å²) in [6.45, 7) is 4.27. The van der Waals surface area contributed by atoms with E-state index in [9.17, 15) is 8.42 Å². The molecule has 106 valence electrons. The van der Waals surface area contributed by atoms with Crippen molar-refractivity contribution in [2.45, 2.75) is 20.1 Å². The van der Waals surface area contributed by atoms with E-state index in [-0.39, 0.29) is 12.9 Å². The highest BCUT2D eigenvalue weighted by atomic mass is 32.2. The highest BCUT2D eigenvalue weighted by Gasteiger charge is 1.99. The van der Waals surface area contributed by atoms with Crippen LogP contribution in [0.1, 0.15) is 13.8 Å². The standard InChI is InChI=1S/C6H15NO3.C2H6O4S/c1-3-9-6(2)10-7-4-5-8;3-1-2-7(4,5)6/h6-8H,3-5H2,1-2H3;3H,1-2H2,(H,4,5,6). The molecule has 9 heteroatoms. The van der Waals surface area contributed by atoms with E-state index >= 15 is 0 Å². The number of aliphatic hydroxyl groups is 2. The summed E-state index contributed by atoms with van der Waals surface area (Å²) >= 11 is 0. The van der Waals surface area contributed by atoms with E-state index in [1.54, 1.807) is 6.92 Å². The Bertz CT molecular complexity index is 244. The minimum atomic E-state index is -3.92. The van der Waals surface area contributed by atoms with E-state index in [1.165, 1.54) is 0 Å². The van der Waals surface area contributed by atoms with Gasteiger partial charge in [-0.15, -0.1) is 0 Å². The first-order valence-corrected chi connectivity index (χ1v) is 6.65. The van der Waals surface area contributed by atoms with E-state index in [4.69, 9.17) is 24.3 Å². The summed E-state index contributed by atoms with van der Waals surface area (Å²) in [4.78, 5) is 4.89. The van der Waals surface area contributed by atoms with Crippen molar-refractivity contribution in [2.24, 2.45) is 0 Å². The van der Waals surface area contributed by atoms with Gasteiger partial charge in [-0.1, -0.05) is 0 Å². The molecule has 0 aromatic heterocycles. The third-order valence-corrected chi connectivity index (χ3v) is 1.91. The second kappa shape index (κ2) is 12.2. The van der Waals surface area contributed by atoms with Crippen molar-refractivity contribution in [3.05, 3.63) is 0 Å². The Morgan fingerprint density at radius 1 is 1.29 bits per heavy atom. The summed E-state index contributed by atoms with van der Waals surface area (Å²) in [5.74, 6) is -0.576. The van der Waals surface area contributed by atoms with Crippen LogP contribution in [0.15, 0.2) is 0 Å². The first-order valence-electron chi connectivity index (χ1n) is 5.04. The Morgan fingerprint density at radius 3 is 2.18 bits per heavy atom. The summed E-state index contributed by atoms with van der Waals surface area (Å²) in [5.41, 5.74) is 2.54. The average molecular weight is 275 g/mol. The summed E-state index contributed by atoms with van der Waals surface area (Å²) < 4.78 is 32.1. The second-order valence-electron chi connectivity index (χ2n) is 2.77. The highest BCUT2D eigenvalue weighted by Crippen LogP contribution is 1.88. The Balaban J connectivity index is 0. The first kappa shape index (κ1) is 19.1. The zero-order chi connectivity index (χ0) is 13.7. The topological polar surface area (TPSA) is 125 Å². The number of hydroxylamine groups is 1. The van der Waals surface area contributed by atoms with E-state index in [0.29, 0.717) is 13.2 Å². The fourth-order valence-corrected chi connectivity index (χ4v) is 0.837. The van der Waals surface area contributed by atoms with Crippen LogP contribution in [-0.4, -0.2) is 61.6 Å². The molecule has 1 unspecified atom stereocenters. The lowest BCUT2D eigenvalue weighted by molar-refractivity contribution is -0.167. The van der Waals surface area contributed by atoms with Crippen LogP contribution in [0.2, 0.25) is 0 Å². The Kier molecular flexibility index (Phi) is 13.6. The molecule has 0 aliphatic rings. The van der Waals surface area contributed by atoms with Crippen LogP contribution in [0.4, 0.5) is 0 Å². The third-order valence-electron chi connectivity index (χ3n) is 1.21. The predicted molar refractivity (Wildman–Crippen MR) is 60.8 cm³/mol. The van der Waals surface area contributed by atoms with Crippen LogP contribution in [0.25, 0.3) is 0 Å². The van der Waals surface area contributed by atoms with E-state index in [0.717, 1.165) is 0 Å². The van der Waals surface area contributed by atoms with Crippen molar-refractivity contribution in [2.75, 3.05) is 32.1 Å². The molecule has 0 heterocycles. The molecule has 0 spiro atoms. The Labute approximate surface area is 101 Å². The molecule has 0 aliphatic carbocycles. The van der Waals surface area contributed by atoms with Crippen molar-refractivity contribution in [3.63, 3.8) is 0 Å². The largest absolute Gasteiger partial charge is 0.395 e. The smallest absolute Gasteiger partial charge is 0.267 e. The van der Waals surface area contributed by atoms with Crippen LogP contribution < -0.4 is 5.48 Å². The molecule has 0 radical (unpaired) electrons. The maximum atomic E-state index is 9.63. The quantitative estimate of drug-likeness (QED) is 0.187. The Morgan fingerprint density at radius 2 is 1.88 bits per heavy atom. The molecule has 0 aromatic rings. The van der Waals surface area contributed by atoms with E-state index in [1.807, 2.05) is 6.92 Å². The maximum absolute atomic E-state index is 9.63. The number of aliphatic hydroxyl groups excluding tert-OH is 2. The van der Waals surface area contributed by atoms with Gasteiger partial charge >= 0.3 is 0 Å². The van der Waals surface area contributed by atoms with Crippen molar-refractivity contribution >= 4 is 10.1 Å². The van der Waals surface area contributed by atoms with Crippen molar-refractivity contribution in [1.82, 2.24) is 5.48 Å². The molecule has 0 fully saturated rings. The van der Waals surface area contributed by atoms with Gasteiger partial charge in [0.25, 0.3) is 10.1 Å². The lowest BCUT2D eigenvalue weighted by atomic mass is 10.7. The summed E-state index contributed by atoms with van der Waals surface area (Å²) in [5, 5.41) is 16.2. The molecule has 0 bridgehead atoms. The fraction of sp³-hybridized carbons (Fsp3) is 1.00. The molecule has 8 nitrogen and oxygen atoms in total. The number of rotatable bonds is 8. The molecule has 0 rings (SSSR count). The van der Waals surface area contributed by atoms with Crippen LogP contribution in [-0.2, 0) is 19.7 Å². The van der Waals surface area contributed by atoms with E-state index in [2.05, 4.69) is 5.48 Å². The van der Waals surface area contributed by atoms with Crippen molar-refractivity contribution in [3.8, 4) is 0 Å². The average Bonchev–Trinajstić information content (AvgIpc) is 2.17. The normalized spacial score (nSPS) is 12.8. The molecule has 0 saturated carbocycles. The molecule has 0 aromatic carbocycles. The van der Waals surface area contributed by atoms with E-state index < -0.39 is 22.5 Å². The predicted octanol–water partition coefficient (Wildman–Crippen LogP) is -1.25. The lowest BCUT2D eigenvalue weighted by Crippen LogP contribution is -2.26. The minimum Gasteiger partial charge on any atom is -0.395 e. The van der Waals surface area contributed by atoms with Crippen LogP contribution in [0.5, 0.6) is 0 Å². The zero-order valence-electron chi connectivity index (χ0n) is 10.00. The third kappa shape index (κ3) is 21.5. The van der Waals surface area contributed by atoms with Gasteiger partial charge in [0.2, 0.25) is 0 Å². The highest BCUT2D eigenvalue weighted by molar-refractivity contribution is 7.85. The molecule has 4 N–H and O–H groups in total. The van der Waals surface area contributed by atoms with Crippen molar-refractivity contribution in [1.29, 1.82) is 0 Å². The lowest BCUT2D eigenvalue weighted by Gasteiger charge is -2.11. The molecule has 0 amide bonds. The molecule has 1 atom stereocenters. The molecular weight excluding hydrogens is 254 g/mol. The summed E-state index contributed by atoms with van der Waals surface area (Å²) in [6, 6.07) is 0. The summed E-state index contributed by atoms with van der Waals surface area (Å²) in [7, 11) is -3.92. The van der Waals surface area contributed by atoms with Crippen LogP contribution in [0, 0.1) is 0 Å². The summed E-state index contributed by atoms with van der Waals surface area (Å²) in [6.07, 6.45) is -0.253. The van der Waals surface area contributed by atoms with Gasteiger partial charge in [0.1, 0.15) is 0 Å². The number of hydrogen-bond donors (Lipinski definition) is 4. The van der Waals surface area contributed by atoms with Gasteiger partial charge in [-0.05, 0) is 13.8 Å². The van der Waals surface area contributed by atoms with Gasteiger partial charge in [-0.2, -0.15) is 13.9 Å². The van der Waals surface area contributed by atoms with Gasteiger partial charge in [-0.25, -0.2) is 0 Å². The van der Waals surface area contributed by atoms with Gasteiger partial charge in [0, 0.05) is 13.2 Å². The molecule has 17 heavy (non-hydrogen) atoms.